The highest BCUT2D eigenvalue weighted by Crippen LogP contribution is 2.23. The van der Waals surface area contributed by atoms with Crippen LogP contribution < -0.4 is 5.32 Å². The molecule has 1 rings (SSSR count). The van der Waals surface area contributed by atoms with Crippen LogP contribution in [0.25, 0.3) is 0 Å². The van der Waals surface area contributed by atoms with E-state index in [-0.39, 0.29) is 5.91 Å². The van der Waals surface area contributed by atoms with Crippen molar-refractivity contribution < 1.29 is 9.53 Å². The molecule has 0 saturated carbocycles. The Balaban J connectivity index is 2.39. The van der Waals surface area contributed by atoms with E-state index in [2.05, 4.69) is 37.4 Å². The number of nitrogens with one attached hydrogen (secondary N) is 1. The molecule has 0 unspecified atom stereocenters. The minimum absolute atomic E-state index is 0.0490. The van der Waals surface area contributed by atoms with Gasteiger partial charge in [-0.25, -0.2) is 0 Å². The Morgan fingerprint density at radius 2 is 2.18 bits per heavy atom. The molecule has 0 radical (unpaired) electrons. The summed E-state index contributed by atoms with van der Waals surface area (Å²) < 4.78 is 4.87. The van der Waals surface area contributed by atoms with Gasteiger partial charge in [-0.3, -0.25) is 4.79 Å². The van der Waals surface area contributed by atoms with Crippen molar-refractivity contribution in [3.63, 3.8) is 0 Å². The zero-order chi connectivity index (χ0) is 12.7. The van der Waals surface area contributed by atoms with E-state index in [1.54, 1.807) is 18.9 Å². The van der Waals surface area contributed by atoms with Gasteiger partial charge in [0.05, 0.1) is 12.4 Å². The van der Waals surface area contributed by atoms with E-state index < -0.39 is 0 Å². The Hall–Kier alpha value is -1.00. The highest BCUT2D eigenvalue weighted by molar-refractivity contribution is 8.00. The number of thioether (sulfide) groups is 1. The molecule has 94 valence electrons. The number of hydrogen-bond acceptors (Lipinski definition) is 3. The average molecular weight is 253 g/mol. The van der Waals surface area contributed by atoms with Crippen LogP contribution in [0, 0.1) is 13.8 Å². The lowest BCUT2D eigenvalue weighted by Gasteiger charge is -2.07. The lowest BCUT2D eigenvalue weighted by Crippen LogP contribution is -2.28. The van der Waals surface area contributed by atoms with Crippen LogP contribution in [0.15, 0.2) is 23.1 Å². The second-order valence-electron chi connectivity index (χ2n) is 3.90. The highest BCUT2D eigenvalue weighted by Gasteiger charge is 2.04. The summed E-state index contributed by atoms with van der Waals surface area (Å²) in [6.07, 6.45) is 0. The molecule has 1 N–H and O–H groups in total. The van der Waals surface area contributed by atoms with Gasteiger partial charge in [-0.1, -0.05) is 17.7 Å². The smallest absolute Gasteiger partial charge is 0.230 e. The standard InChI is InChI=1S/C13H19NO2S/c1-10-4-5-11(2)12(8-10)17-9-13(15)14-6-7-16-3/h4-5,8H,6-7,9H2,1-3H3,(H,14,15). The summed E-state index contributed by atoms with van der Waals surface area (Å²) in [4.78, 5) is 12.7. The van der Waals surface area contributed by atoms with Gasteiger partial charge in [0.2, 0.25) is 5.91 Å². The quantitative estimate of drug-likeness (QED) is 0.623. The maximum Gasteiger partial charge on any atom is 0.230 e. The third-order valence-corrected chi connectivity index (χ3v) is 3.49. The van der Waals surface area contributed by atoms with Gasteiger partial charge in [-0.05, 0) is 25.5 Å². The van der Waals surface area contributed by atoms with Crippen LogP contribution in [0.2, 0.25) is 0 Å². The Bertz CT molecular complexity index is 380. The van der Waals surface area contributed by atoms with Crippen molar-refractivity contribution in [2.75, 3.05) is 26.0 Å². The van der Waals surface area contributed by atoms with Gasteiger partial charge in [0.15, 0.2) is 0 Å². The Morgan fingerprint density at radius 3 is 2.88 bits per heavy atom. The SMILES string of the molecule is COCCNC(=O)CSc1cc(C)ccc1C. The fourth-order valence-electron chi connectivity index (χ4n) is 1.35. The van der Waals surface area contributed by atoms with E-state index in [4.69, 9.17) is 4.74 Å². The molecule has 0 heterocycles. The molecule has 1 aromatic carbocycles. The Kier molecular flexibility index (Phi) is 6.08. The van der Waals surface area contributed by atoms with Crippen molar-refractivity contribution >= 4 is 17.7 Å². The van der Waals surface area contributed by atoms with Crippen LogP contribution >= 0.6 is 11.8 Å². The number of rotatable bonds is 6. The molecule has 1 amide bonds. The van der Waals surface area contributed by atoms with Crippen molar-refractivity contribution in [2.45, 2.75) is 18.7 Å². The number of carbonyl (C=O) groups excluding carboxylic acids is 1. The van der Waals surface area contributed by atoms with Crippen LogP contribution in [0.5, 0.6) is 0 Å². The first kappa shape index (κ1) is 14.1. The lowest BCUT2D eigenvalue weighted by molar-refractivity contribution is -0.118. The summed E-state index contributed by atoms with van der Waals surface area (Å²) in [5.41, 5.74) is 2.43. The van der Waals surface area contributed by atoms with Gasteiger partial charge in [0, 0.05) is 18.6 Å². The maximum atomic E-state index is 11.5. The van der Waals surface area contributed by atoms with E-state index in [0.29, 0.717) is 18.9 Å². The molecule has 0 spiro atoms. The number of methoxy groups -OCH3 is 1. The van der Waals surface area contributed by atoms with Gasteiger partial charge in [0.25, 0.3) is 0 Å². The van der Waals surface area contributed by atoms with Gasteiger partial charge < -0.3 is 10.1 Å². The second-order valence-corrected chi connectivity index (χ2v) is 4.92. The van der Waals surface area contributed by atoms with Gasteiger partial charge >= 0.3 is 0 Å². The third kappa shape index (κ3) is 5.24. The summed E-state index contributed by atoms with van der Waals surface area (Å²) >= 11 is 1.57. The maximum absolute atomic E-state index is 11.5. The Labute approximate surface area is 107 Å². The molecular formula is C13H19NO2S. The summed E-state index contributed by atoms with van der Waals surface area (Å²) in [6.45, 7) is 5.25. The summed E-state index contributed by atoms with van der Waals surface area (Å²) in [5, 5.41) is 2.80. The molecule has 0 saturated heterocycles. The molecule has 1 aromatic rings. The minimum Gasteiger partial charge on any atom is -0.383 e. The number of benzene rings is 1. The van der Waals surface area contributed by atoms with Crippen LogP contribution in [-0.2, 0) is 9.53 Å². The first-order valence-corrected chi connectivity index (χ1v) is 6.57. The molecule has 3 nitrogen and oxygen atoms in total. The molecule has 0 aliphatic heterocycles. The van der Waals surface area contributed by atoms with E-state index in [1.165, 1.54) is 16.0 Å². The number of ether oxygens (including phenoxy) is 1. The first-order chi connectivity index (χ1) is 8.13. The van der Waals surface area contributed by atoms with Crippen molar-refractivity contribution in [3.8, 4) is 0 Å². The van der Waals surface area contributed by atoms with Crippen LogP contribution in [0.3, 0.4) is 0 Å². The van der Waals surface area contributed by atoms with Gasteiger partial charge in [0.1, 0.15) is 0 Å². The molecule has 4 heteroatoms. The molecule has 0 fully saturated rings. The van der Waals surface area contributed by atoms with E-state index >= 15 is 0 Å². The third-order valence-electron chi connectivity index (χ3n) is 2.33. The van der Waals surface area contributed by atoms with E-state index in [9.17, 15) is 4.79 Å². The van der Waals surface area contributed by atoms with Crippen molar-refractivity contribution in [1.29, 1.82) is 0 Å². The van der Waals surface area contributed by atoms with Crippen LogP contribution in [-0.4, -0.2) is 31.9 Å². The second kappa shape index (κ2) is 7.35. The molecule has 17 heavy (non-hydrogen) atoms. The molecule has 0 atom stereocenters. The highest BCUT2D eigenvalue weighted by atomic mass is 32.2. The average Bonchev–Trinajstić information content (AvgIpc) is 2.31. The molecular weight excluding hydrogens is 234 g/mol. The summed E-state index contributed by atoms with van der Waals surface area (Å²) in [5.74, 6) is 0.501. The number of aryl methyl sites for hydroxylation is 2. The molecule has 0 bridgehead atoms. The van der Waals surface area contributed by atoms with Crippen LogP contribution in [0.4, 0.5) is 0 Å². The fourth-order valence-corrected chi connectivity index (χ4v) is 2.30. The van der Waals surface area contributed by atoms with E-state index in [1.807, 2.05) is 0 Å². The van der Waals surface area contributed by atoms with E-state index in [0.717, 1.165) is 0 Å². The van der Waals surface area contributed by atoms with Gasteiger partial charge in [-0.2, -0.15) is 0 Å². The van der Waals surface area contributed by atoms with Crippen molar-refractivity contribution in [2.24, 2.45) is 0 Å². The molecule has 0 aliphatic rings. The number of amides is 1. The first-order valence-electron chi connectivity index (χ1n) is 5.59. The number of carbonyl (C=O) groups is 1. The predicted octanol–water partition coefficient (Wildman–Crippen LogP) is 2.16. The normalized spacial score (nSPS) is 10.3. The monoisotopic (exact) mass is 253 g/mol. The minimum atomic E-state index is 0.0490. The summed E-state index contributed by atoms with van der Waals surface area (Å²) in [6, 6.07) is 6.28. The number of hydrogen-bond donors (Lipinski definition) is 1. The fraction of sp³-hybridized carbons (Fsp3) is 0.462. The lowest BCUT2D eigenvalue weighted by atomic mass is 10.2. The largest absolute Gasteiger partial charge is 0.383 e. The Morgan fingerprint density at radius 1 is 1.41 bits per heavy atom. The van der Waals surface area contributed by atoms with Crippen molar-refractivity contribution in [1.82, 2.24) is 5.32 Å². The summed E-state index contributed by atoms with van der Waals surface area (Å²) in [7, 11) is 1.62. The van der Waals surface area contributed by atoms with Gasteiger partial charge in [-0.15, -0.1) is 11.8 Å². The molecule has 0 aliphatic carbocycles. The zero-order valence-corrected chi connectivity index (χ0v) is 11.4. The predicted molar refractivity (Wildman–Crippen MR) is 71.5 cm³/mol. The van der Waals surface area contributed by atoms with Crippen LogP contribution in [0.1, 0.15) is 11.1 Å². The topological polar surface area (TPSA) is 38.3 Å². The molecule has 0 aromatic heterocycles. The zero-order valence-electron chi connectivity index (χ0n) is 10.6. The van der Waals surface area contributed by atoms with Crippen molar-refractivity contribution in [3.05, 3.63) is 29.3 Å².